The molecule has 0 saturated carbocycles. The number of alkyl halides is 6. The molecule has 0 atom stereocenters. The summed E-state index contributed by atoms with van der Waals surface area (Å²) in [5, 5.41) is -2.09. The summed E-state index contributed by atoms with van der Waals surface area (Å²) in [7, 11) is 0. The van der Waals surface area contributed by atoms with E-state index in [9.17, 15) is 22.0 Å². The molecular weight excluding hydrogens is 464 g/mol. The van der Waals surface area contributed by atoms with Crippen LogP contribution in [-0.2, 0) is 5.67 Å². The first-order valence-corrected chi connectivity index (χ1v) is 8.29. The molecule has 0 aliphatic rings. The van der Waals surface area contributed by atoms with Gasteiger partial charge in [-0.1, -0.05) is 46.4 Å². The first kappa shape index (κ1) is 22.1. The van der Waals surface area contributed by atoms with E-state index in [1.807, 2.05) is 0 Å². The van der Waals surface area contributed by atoms with Gasteiger partial charge in [0, 0.05) is 11.1 Å². The molecule has 2 aromatic carbocycles. The SMILES string of the molecule is Nc1c(Cl)cc(C(F)(c2cc(Cl)c(N)c(Cl)c2)C(F)(F)C(F)(F)F)cc1Cl. The van der Waals surface area contributed by atoms with Crippen LogP contribution in [0.5, 0.6) is 0 Å². The minimum absolute atomic E-state index is 0.326. The van der Waals surface area contributed by atoms with Gasteiger partial charge in [-0.05, 0) is 24.3 Å². The summed E-state index contributed by atoms with van der Waals surface area (Å²) in [6, 6.07) is 2.06. The summed E-state index contributed by atoms with van der Waals surface area (Å²) >= 11 is 22.8. The minimum Gasteiger partial charge on any atom is -0.396 e. The Morgan fingerprint density at radius 2 is 0.852 bits per heavy atom. The largest absolute Gasteiger partial charge is 0.457 e. The zero-order chi connectivity index (χ0) is 20.9. The Morgan fingerprint density at radius 3 is 1.07 bits per heavy atom. The monoisotopic (exact) mass is 470 g/mol. The van der Waals surface area contributed by atoms with E-state index in [-0.39, 0.29) is 11.4 Å². The molecule has 2 aromatic rings. The number of rotatable bonds is 3. The molecule has 0 radical (unpaired) electrons. The molecule has 0 aliphatic carbocycles. The van der Waals surface area contributed by atoms with Gasteiger partial charge in [-0.15, -0.1) is 0 Å². The summed E-state index contributed by atoms with van der Waals surface area (Å²) in [6.07, 6.45) is -6.29. The van der Waals surface area contributed by atoms with E-state index in [0.29, 0.717) is 24.3 Å². The fourth-order valence-electron chi connectivity index (χ4n) is 2.29. The van der Waals surface area contributed by atoms with Crippen molar-refractivity contribution in [1.29, 1.82) is 0 Å². The van der Waals surface area contributed by atoms with Crippen LogP contribution in [0.1, 0.15) is 11.1 Å². The van der Waals surface area contributed by atoms with Crippen LogP contribution in [0.25, 0.3) is 0 Å². The van der Waals surface area contributed by atoms with Gasteiger partial charge in [-0.3, -0.25) is 0 Å². The van der Waals surface area contributed by atoms with Crippen LogP contribution in [0.15, 0.2) is 24.3 Å². The molecule has 12 heteroatoms. The van der Waals surface area contributed by atoms with Crippen molar-refractivity contribution in [2.24, 2.45) is 0 Å². The van der Waals surface area contributed by atoms with Gasteiger partial charge >= 0.3 is 12.1 Å². The summed E-state index contributed by atoms with van der Waals surface area (Å²) < 4.78 is 83.7. The minimum atomic E-state index is -6.29. The summed E-state index contributed by atoms with van der Waals surface area (Å²) in [4.78, 5) is 0. The fraction of sp³-hybridized carbons (Fsp3) is 0.200. The number of nitrogen functional groups attached to an aromatic ring is 2. The topological polar surface area (TPSA) is 52.0 Å². The van der Waals surface area contributed by atoms with E-state index in [4.69, 9.17) is 57.9 Å². The molecule has 0 aliphatic heterocycles. The molecule has 0 amide bonds. The van der Waals surface area contributed by atoms with Crippen molar-refractivity contribution in [3.05, 3.63) is 55.5 Å². The molecule has 148 valence electrons. The smallest absolute Gasteiger partial charge is 0.396 e. The molecule has 27 heavy (non-hydrogen) atoms. The van der Waals surface area contributed by atoms with Gasteiger partial charge in [0.2, 0.25) is 5.67 Å². The van der Waals surface area contributed by atoms with E-state index in [0.717, 1.165) is 0 Å². The highest BCUT2D eigenvalue weighted by molar-refractivity contribution is 6.39. The predicted octanol–water partition coefficient (Wildman–Crippen LogP) is 6.88. The molecule has 0 heterocycles. The second kappa shape index (κ2) is 6.99. The van der Waals surface area contributed by atoms with Gasteiger partial charge in [0.25, 0.3) is 0 Å². The van der Waals surface area contributed by atoms with Crippen molar-refractivity contribution < 1.29 is 26.3 Å². The standard InChI is InChI=1S/C15H8Cl4F6N2/c16-7-1-5(2-8(17)11(7)26)13(20,14(21,22)15(23,24)25)6-3-9(18)12(27)10(19)4-6/h1-4H,26-27H2. The molecule has 0 fully saturated rings. The van der Waals surface area contributed by atoms with E-state index in [2.05, 4.69) is 0 Å². The van der Waals surface area contributed by atoms with Crippen molar-refractivity contribution in [3.63, 3.8) is 0 Å². The number of nitrogens with two attached hydrogens (primary N) is 2. The summed E-state index contributed by atoms with van der Waals surface area (Å²) in [5.41, 5.74) is 3.33. The number of benzene rings is 2. The fourth-order valence-corrected chi connectivity index (χ4v) is 3.27. The van der Waals surface area contributed by atoms with E-state index < -0.39 is 49.0 Å². The van der Waals surface area contributed by atoms with Crippen molar-refractivity contribution in [3.8, 4) is 0 Å². The Labute approximate surface area is 168 Å². The van der Waals surface area contributed by atoms with Crippen molar-refractivity contribution in [1.82, 2.24) is 0 Å². The maximum absolute atomic E-state index is 15.7. The lowest BCUT2D eigenvalue weighted by Gasteiger charge is -2.36. The second-order valence-electron chi connectivity index (χ2n) is 5.44. The van der Waals surface area contributed by atoms with Crippen LogP contribution in [0.4, 0.5) is 37.7 Å². The van der Waals surface area contributed by atoms with E-state index >= 15 is 4.39 Å². The highest BCUT2D eigenvalue weighted by Gasteiger charge is 2.72. The van der Waals surface area contributed by atoms with Crippen LogP contribution in [0.3, 0.4) is 0 Å². The van der Waals surface area contributed by atoms with Gasteiger partial charge in [-0.25, -0.2) is 4.39 Å². The molecule has 0 aromatic heterocycles. The van der Waals surface area contributed by atoms with Gasteiger partial charge < -0.3 is 11.5 Å². The van der Waals surface area contributed by atoms with Gasteiger partial charge in [-0.2, -0.15) is 22.0 Å². The first-order chi connectivity index (χ1) is 12.1. The van der Waals surface area contributed by atoms with Crippen LogP contribution >= 0.6 is 46.4 Å². The third-order valence-electron chi connectivity index (χ3n) is 3.74. The Bertz CT molecular complexity index is 797. The number of halogens is 10. The molecular formula is C15H8Cl4F6N2. The van der Waals surface area contributed by atoms with Crippen molar-refractivity contribution >= 4 is 57.8 Å². The van der Waals surface area contributed by atoms with Crippen molar-refractivity contribution in [2.45, 2.75) is 17.8 Å². The Morgan fingerprint density at radius 1 is 0.593 bits per heavy atom. The Hall–Kier alpha value is -1.22. The van der Waals surface area contributed by atoms with E-state index in [1.165, 1.54) is 0 Å². The van der Waals surface area contributed by atoms with Gasteiger partial charge in [0.05, 0.1) is 31.5 Å². The third kappa shape index (κ3) is 3.48. The molecule has 2 rings (SSSR count). The Kier molecular flexibility index (Phi) is 5.71. The maximum Gasteiger partial charge on any atom is 0.457 e. The second-order valence-corrected chi connectivity index (χ2v) is 7.07. The van der Waals surface area contributed by atoms with E-state index in [1.54, 1.807) is 0 Å². The van der Waals surface area contributed by atoms with Gasteiger partial charge in [0.1, 0.15) is 0 Å². The Balaban J connectivity index is 2.94. The zero-order valence-corrected chi connectivity index (χ0v) is 15.8. The molecule has 0 spiro atoms. The highest BCUT2D eigenvalue weighted by atomic mass is 35.5. The number of hydrogen-bond donors (Lipinski definition) is 2. The van der Waals surface area contributed by atoms with Crippen LogP contribution in [0.2, 0.25) is 20.1 Å². The quantitative estimate of drug-likeness (QED) is 0.379. The molecule has 0 bridgehead atoms. The van der Waals surface area contributed by atoms with Gasteiger partial charge in [0.15, 0.2) is 0 Å². The molecule has 0 saturated heterocycles. The summed E-state index contributed by atoms with van der Waals surface area (Å²) in [5.74, 6) is -5.93. The third-order valence-corrected chi connectivity index (χ3v) is 4.99. The molecule has 4 N–H and O–H groups in total. The van der Waals surface area contributed by atoms with Crippen molar-refractivity contribution in [2.75, 3.05) is 11.5 Å². The lowest BCUT2D eigenvalue weighted by Crippen LogP contribution is -2.53. The normalized spacial score (nSPS) is 13.1. The first-order valence-electron chi connectivity index (χ1n) is 6.78. The maximum atomic E-state index is 15.7. The zero-order valence-electron chi connectivity index (χ0n) is 12.7. The van der Waals surface area contributed by atoms with Crippen LogP contribution in [-0.4, -0.2) is 12.1 Å². The average molecular weight is 472 g/mol. The summed E-state index contributed by atoms with van der Waals surface area (Å²) in [6.45, 7) is 0. The lowest BCUT2D eigenvalue weighted by atomic mass is 9.82. The lowest BCUT2D eigenvalue weighted by molar-refractivity contribution is -0.323. The molecule has 0 unspecified atom stereocenters. The molecule has 2 nitrogen and oxygen atoms in total. The predicted molar refractivity (Wildman–Crippen MR) is 94.6 cm³/mol. The average Bonchev–Trinajstić information content (AvgIpc) is 2.54. The van der Waals surface area contributed by atoms with Crippen LogP contribution in [0, 0.1) is 0 Å². The number of anilines is 2. The number of hydrogen-bond acceptors (Lipinski definition) is 2. The highest BCUT2D eigenvalue weighted by Crippen LogP contribution is 2.56. The van der Waals surface area contributed by atoms with Crippen LogP contribution < -0.4 is 11.5 Å².